The third-order valence-corrected chi connectivity index (χ3v) is 11.4. The topological polar surface area (TPSA) is 490 Å². The lowest BCUT2D eigenvalue weighted by molar-refractivity contribution is -0.382. The Hall–Kier alpha value is -3.45. The second kappa shape index (κ2) is 22.8. The Labute approximate surface area is 373 Å². The molecule has 4 aliphatic rings. The number of amides is 3. The number of aliphatic hydroxyl groups excluding tert-OH is 13. The summed E-state index contributed by atoms with van der Waals surface area (Å²) in [5.41, 5.74) is 0. The number of ether oxygens (including phenoxy) is 7. The molecule has 0 bridgehead atoms. The van der Waals surface area contributed by atoms with Crippen molar-refractivity contribution in [3.8, 4) is 0 Å². The van der Waals surface area contributed by atoms with Crippen LogP contribution in [0.3, 0.4) is 0 Å². The van der Waals surface area contributed by atoms with Crippen molar-refractivity contribution in [3.05, 3.63) is 0 Å². The number of carbonyl (C=O) groups excluding carboxylic acids is 3. The summed E-state index contributed by atoms with van der Waals surface area (Å²) in [5, 5.41) is 166. The molecule has 4 aliphatic heterocycles. The van der Waals surface area contributed by atoms with Gasteiger partial charge in [-0.25, -0.2) is 9.59 Å². The maximum absolute atomic E-state index is 12.9. The van der Waals surface area contributed by atoms with Gasteiger partial charge in [0.2, 0.25) is 17.7 Å². The van der Waals surface area contributed by atoms with Crippen LogP contribution in [-0.4, -0.2) is 267 Å². The highest BCUT2D eigenvalue weighted by Crippen LogP contribution is 2.39. The van der Waals surface area contributed by atoms with Crippen molar-refractivity contribution < 1.29 is 134 Å². The van der Waals surface area contributed by atoms with Crippen LogP contribution in [0.2, 0.25) is 0 Å². The highest BCUT2D eigenvalue weighted by atomic mass is 16.8. The normalized spacial score (nSPS) is 41.4. The molecule has 4 fully saturated rings. The molecule has 0 radical (unpaired) electrons. The predicted octanol–water partition coefficient (Wildman–Crippen LogP) is -10.9. The summed E-state index contributed by atoms with van der Waals surface area (Å²) in [6, 6.07) is -5.07. The van der Waals surface area contributed by atoms with Crippen LogP contribution in [0.15, 0.2) is 0 Å². The van der Waals surface area contributed by atoms with Crippen molar-refractivity contribution in [2.24, 2.45) is 0 Å². The Bertz CT molecular complexity index is 1680. The molecular formula is C36H59N3O27. The third kappa shape index (κ3) is 12.0. The number of carboxylic acid groups (broad SMARTS) is 2. The molecule has 22 atom stereocenters. The molecule has 0 aromatic carbocycles. The predicted molar refractivity (Wildman–Crippen MR) is 203 cm³/mol. The minimum atomic E-state index is -3.19. The molecule has 4 heterocycles. The first-order valence-corrected chi connectivity index (χ1v) is 20.3. The van der Waals surface area contributed by atoms with E-state index in [0.717, 1.165) is 20.8 Å². The number of carboxylic acids is 2. The molecule has 0 aromatic heterocycles. The first-order chi connectivity index (χ1) is 30.8. The Morgan fingerprint density at radius 2 is 1.06 bits per heavy atom. The molecule has 30 nitrogen and oxygen atoms in total. The van der Waals surface area contributed by atoms with E-state index in [-0.39, 0.29) is 0 Å². The van der Waals surface area contributed by atoms with Crippen molar-refractivity contribution in [1.29, 1.82) is 0 Å². The van der Waals surface area contributed by atoms with E-state index in [0.29, 0.717) is 0 Å². The van der Waals surface area contributed by atoms with Crippen LogP contribution >= 0.6 is 0 Å². The van der Waals surface area contributed by atoms with E-state index >= 15 is 0 Å². The third-order valence-electron chi connectivity index (χ3n) is 11.4. The Balaban J connectivity index is 1.66. The number of rotatable bonds is 19. The average Bonchev–Trinajstić information content (AvgIpc) is 3.24. The molecule has 4 saturated heterocycles. The van der Waals surface area contributed by atoms with E-state index in [9.17, 15) is 101 Å². The highest BCUT2D eigenvalue weighted by Gasteiger charge is 2.61. The van der Waals surface area contributed by atoms with E-state index < -0.39 is 203 Å². The number of carbonyl (C=O) groups is 5. The fourth-order valence-electron chi connectivity index (χ4n) is 8.04. The Morgan fingerprint density at radius 3 is 1.50 bits per heavy atom. The molecule has 0 aromatic rings. The van der Waals surface area contributed by atoms with Crippen LogP contribution in [0.25, 0.3) is 0 Å². The zero-order valence-corrected chi connectivity index (χ0v) is 35.4. The molecular weight excluding hydrogens is 906 g/mol. The summed E-state index contributed by atoms with van der Waals surface area (Å²) >= 11 is 0. The summed E-state index contributed by atoms with van der Waals surface area (Å²) in [6.07, 6.45) is -38.0. The summed E-state index contributed by atoms with van der Waals surface area (Å²) in [6.45, 7) is -1.53. The van der Waals surface area contributed by atoms with Crippen LogP contribution in [0.4, 0.5) is 0 Å². The maximum atomic E-state index is 12.9. The van der Waals surface area contributed by atoms with Gasteiger partial charge in [-0.2, -0.15) is 0 Å². The summed E-state index contributed by atoms with van der Waals surface area (Å²) in [5.74, 6) is -12.7. The van der Waals surface area contributed by atoms with E-state index in [4.69, 9.17) is 33.2 Å². The molecule has 0 aliphatic carbocycles. The molecule has 0 spiro atoms. The van der Waals surface area contributed by atoms with Gasteiger partial charge in [-0.05, 0) is 0 Å². The quantitative estimate of drug-likeness (QED) is 0.0571. The first kappa shape index (κ1) is 55.1. The fraction of sp³-hybridized carbons (Fsp3) is 0.861. The number of aliphatic hydroxyl groups is 13. The lowest BCUT2D eigenvalue weighted by Crippen LogP contribution is -2.71. The SMILES string of the molecule is CC(=O)N[C@H]1C(O)O[C@H](CO[C@]2(C(=O)O)C[C@H](O)[C@@H](NC(C)=O)C([C@H](O)[C@H](O)CO)O2)[C@H](O)[C@@H]1O[C@@H]1O[C@H](CO)[C@H](O)[C@H](O[C@]2(C(=O)O)C[C@H](O)[C@@H](NC(C)=O)C([C@H](O)[C@H](O)CO)O2)[C@H]1O. The van der Waals surface area contributed by atoms with Crippen molar-refractivity contribution >= 4 is 29.7 Å². The monoisotopic (exact) mass is 965 g/mol. The summed E-state index contributed by atoms with van der Waals surface area (Å²) in [7, 11) is 0. The van der Waals surface area contributed by atoms with Gasteiger partial charge in [0.15, 0.2) is 12.6 Å². The molecule has 3 amide bonds. The molecule has 4 rings (SSSR count). The molecule has 30 heteroatoms. The van der Waals surface area contributed by atoms with Crippen molar-refractivity contribution in [3.63, 3.8) is 0 Å². The van der Waals surface area contributed by atoms with Gasteiger partial charge in [0, 0.05) is 33.6 Å². The van der Waals surface area contributed by atoms with Crippen LogP contribution in [-0.2, 0) is 57.1 Å². The lowest BCUT2D eigenvalue weighted by atomic mass is 9.88. The summed E-state index contributed by atoms with van der Waals surface area (Å²) < 4.78 is 39.1. The van der Waals surface area contributed by atoms with E-state index in [1.54, 1.807) is 0 Å². The van der Waals surface area contributed by atoms with Gasteiger partial charge < -0.3 is 126 Å². The number of hydrogen-bond acceptors (Lipinski definition) is 25. The summed E-state index contributed by atoms with van der Waals surface area (Å²) in [4.78, 5) is 61.8. The van der Waals surface area contributed by atoms with Gasteiger partial charge in [-0.1, -0.05) is 0 Å². The molecule has 66 heavy (non-hydrogen) atoms. The van der Waals surface area contributed by atoms with E-state index in [2.05, 4.69) is 16.0 Å². The van der Waals surface area contributed by atoms with Crippen LogP contribution < -0.4 is 16.0 Å². The first-order valence-electron chi connectivity index (χ1n) is 20.3. The van der Waals surface area contributed by atoms with Gasteiger partial charge in [0.1, 0.15) is 85.4 Å². The van der Waals surface area contributed by atoms with Gasteiger partial charge >= 0.3 is 11.9 Å². The van der Waals surface area contributed by atoms with Crippen molar-refractivity contribution in [2.45, 2.75) is 167 Å². The van der Waals surface area contributed by atoms with Gasteiger partial charge in [-0.15, -0.1) is 0 Å². The zero-order chi connectivity index (χ0) is 49.7. The highest BCUT2D eigenvalue weighted by molar-refractivity contribution is 5.77. The molecule has 380 valence electrons. The second-order valence-electron chi connectivity index (χ2n) is 16.2. The molecule has 0 saturated carbocycles. The number of aliphatic carboxylic acids is 2. The maximum Gasteiger partial charge on any atom is 0.364 e. The van der Waals surface area contributed by atoms with E-state index in [1.165, 1.54) is 0 Å². The second-order valence-corrected chi connectivity index (χ2v) is 16.2. The van der Waals surface area contributed by atoms with Gasteiger partial charge in [0.25, 0.3) is 11.6 Å². The minimum Gasteiger partial charge on any atom is -0.477 e. The van der Waals surface area contributed by atoms with Crippen LogP contribution in [0, 0.1) is 0 Å². The van der Waals surface area contributed by atoms with Crippen LogP contribution in [0.1, 0.15) is 33.6 Å². The van der Waals surface area contributed by atoms with Gasteiger partial charge in [-0.3, -0.25) is 14.4 Å². The lowest BCUT2D eigenvalue weighted by Gasteiger charge is -2.51. The number of nitrogens with one attached hydrogen (secondary N) is 3. The van der Waals surface area contributed by atoms with Crippen molar-refractivity contribution in [1.82, 2.24) is 16.0 Å². The average molecular weight is 966 g/mol. The number of hydrogen-bond donors (Lipinski definition) is 18. The van der Waals surface area contributed by atoms with E-state index in [1.807, 2.05) is 0 Å². The largest absolute Gasteiger partial charge is 0.477 e. The molecule has 3 unspecified atom stereocenters. The van der Waals surface area contributed by atoms with Crippen molar-refractivity contribution in [2.75, 3.05) is 26.4 Å². The smallest absolute Gasteiger partial charge is 0.364 e. The zero-order valence-electron chi connectivity index (χ0n) is 35.4. The molecule has 18 N–H and O–H groups in total. The van der Waals surface area contributed by atoms with Crippen LogP contribution in [0.5, 0.6) is 0 Å². The standard InChI is InChI=1S/C36H59N3O27/c1-10(43)37-19-13(46)4-35(33(56)57,64-28(19)22(50)15(48)6-40)60-9-18-25(53)27(21(31(55)61-18)39-12(3)45)63-32-26(54)30(24(52)17(8-42)62-32)66-36(34(58)59)5-14(47)20(38-11(2)44)29(65-36)23(51)16(49)7-41/h13-32,40-42,46-55H,4-9H2,1-3H3,(H,37,43)(H,38,44)(H,39,45)(H,56,57)(H,58,59)/t13-,14-,15+,16+,17+,18+,19+,20+,21+,22+,23+,24-,25-,26+,27+,28?,29?,30-,31?,32-,35+,36-/m0/s1. The van der Waals surface area contributed by atoms with Gasteiger partial charge in [0.05, 0.1) is 50.7 Å². The Morgan fingerprint density at radius 1 is 0.621 bits per heavy atom. The Kier molecular flexibility index (Phi) is 19.0. The minimum absolute atomic E-state index is 0.790. The fourth-order valence-corrected chi connectivity index (χ4v) is 8.04.